The van der Waals surface area contributed by atoms with Crippen LogP contribution in [0.2, 0.25) is 5.28 Å². The number of hydrogen-bond donors (Lipinski definition) is 0. The van der Waals surface area contributed by atoms with E-state index >= 15 is 0 Å². The van der Waals surface area contributed by atoms with Crippen LogP contribution in [0.4, 0.5) is 13.9 Å². The van der Waals surface area contributed by atoms with Gasteiger partial charge in [-0.05, 0) is 35.9 Å². The number of piperazine rings is 1. The van der Waals surface area contributed by atoms with Gasteiger partial charge in [-0.15, -0.1) is 0 Å². The molecule has 154 valence electrons. The lowest BCUT2D eigenvalue weighted by atomic mass is 10.3. The number of hydrogen-bond acceptors (Lipinski definition) is 8. The molecular formula is C16H14ClF2N5O3S2. The molecule has 0 aliphatic carbocycles. The number of anilines is 1. The Morgan fingerprint density at radius 3 is 2.45 bits per heavy atom. The van der Waals surface area contributed by atoms with Gasteiger partial charge in [-0.3, -0.25) is 0 Å². The van der Waals surface area contributed by atoms with Crippen LogP contribution < -0.4 is 9.64 Å². The predicted octanol–water partition coefficient (Wildman–Crippen LogP) is 2.85. The molecule has 0 amide bonds. The summed E-state index contributed by atoms with van der Waals surface area (Å²) in [6, 6.07) is 4.94. The average Bonchev–Trinajstić information content (AvgIpc) is 3.11. The highest BCUT2D eigenvalue weighted by Gasteiger charge is 2.29. The number of aromatic nitrogens is 3. The number of sulfonamides is 1. The molecule has 0 saturated carbocycles. The van der Waals surface area contributed by atoms with Gasteiger partial charge in [0, 0.05) is 26.2 Å². The van der Waals surface area contributed by atoms with Crippen molar-refractivity contribution in [2.45, 2.75) is 11.5 Å². The van der Waals surface area contributed by atoms with Crippen molar-refractivity contribution in [3.8, 4) is 5.75 Å². The minimum atomic E-state index is -3.74. The monoisotopic (exact) mass is 461 g/mol. The van der Waals surface area contributed by atoms with E-state index in [9.17, 15) is 17.2 Å². The van der Waals surface area contributed by atoms with Crippen molar-refractivity contribution in [2.24, 2.45) is 0 Å². The van der Waals surface area contributed by atoms with Gasteiger partial charge in [0.15, 0.2) is 10.8 Å². The minimum absolute atomic E-state index is 0.0254. The van der Waals surface area contributed by atoms with Crippen LogP contribution in [-0.4, -0.2) is 60.5 Å². The number of fused-ring (bicyclic) bond motifs is 1. The SMILES string of the molecule is O=S(=O)(c1ccc(OC(F)F)cc1)N1CCN(c2nc3nc(Cl)ncc3s2)CC1. The normalized spacial score (nSPS) is 15.9. The fourth-order valence-electron chi connectivity index (χ4n) is 2.90. The lowest BCUT2D eigenvalue weighted by molar-refractivity contribution is -0.0498. The van der Waals surface area contributed by atoms with Gasteiger partial charge >= 0.3 is 6.61 Å². The molecule has 0 atom stereocenters. The van der Waals surface area contributed by atoms with Gasteiger partial charge in [-0.1, -0.05) is 11.3 Å². The molecule has 13 heteroatoms. The molecule has 0 bridgehead atoms. The summed E-state index contributed by atoms with van der Waals surface area (Å²) in [6.45, 7) is -1.53. The summed E-state index contributed by atoms with van der Waals surface area (Å²) < 4.78 is 56.5. The highest BCUT2D eigenvalue weighted by molar-refractivity contribution is 7.89. The molecule has 1 aliphatic heterocycles. The van der Waals surface area contributed by atoms with Crippen LogP contribution in [0.1, 0.15) is 0 Å². The minimum Gasteiger partial charge on any atom is -0.435 e. The zero-order valence-corrected chi connectivity index (χ0v) is 17.1. The summed E-state index contributed by atoms with van der Waals surface area (Å²) in [6.07, 6.45) is 1.61. The molecule has 1 aromatic carbocycles. The van der Waals surface area contributed by atoms with Gasteiger partial charge in [0.2, 0.25) is 15.3 Å². The molecule has 1 fully saturated rings. The maximum absolute atomic E-state index is 12.8. The Labute approximate surface area is 173 Å². The Hall–Kier alpha value is -2.15. The van der Waals surface area contributed by atoms with Gasteiger partial charge in [-0.2, -0.15) is 23.1 Å². The zero-order chi connectivity index (χ0) is 20.6. The van der Waals surface area contributed by atoms with Crippen LogP contribution >= 0.6 is 22.9 Å². The molecule has 8 nitrogen and oxygen atoms in total. The smallest absolute Gasteiger partial charge is 0.387 e. The Morgan fingerprint density at radius 1 is 1.10 bits per heavy atom. The first-order chi connectivity index (χ1) is 13.8. The van der Waals surface area contributed by atoms with Crippen LogP contribution in [-0.2, 0) is 10.0 Å². The maximum Gasteiger partial charge on any atom is 0.387 e. The lowest BCUT2D eigenvalue weighted by Gasteiger charge is -2.33. The van der Waals surface area contributed by atoms with Crippen LogP contribution in [0.3, 0.4) is 0 Å². The Balaban J connectivity index is 1.45. The van der Waals surface area contributed by atoms with Gasteiger partial charge in [0.1, 0.15) is 5.75 Å². The quantitative estimate of drug-likeness (QED) is 0.540. The summed E-state index contributed by atoms with van der Waals surface area (Å²) in [4.78, 5) is 14.5. The van der Waals surface area contributed by atoms with Gasteiger partial charge in [0.25, 0.3) is 0 Å². The summed E-state index contributed by atoms with van der Waals surface area (Å²) >= 11 is 7.20. The summed E-state index contributed by atoms with van der Waals surface area (Å²) in [7, 11) is -3.74. The van der Waals surface area contributed by atoms with E-state index in [0.29, 0.717) is 18.7 Å². The fourth-order valence-corrected chi connectivity index (χ4v) is 5.38. The molecule has 1 aliphatic rings. The molecule has 1 saturated heterocycles. The van der Waals surface area contributed by atoms with Crippen molar-refractivity contribution in [1.82, 2.24) is 19.3 Å². The molecule has 4 rings (SSSR count). The molecule has 2 aromatic heterocycles. The lowest BCUT2D eigenvalue weighted by Crippen LogP contribution is -2.48. The van der Waals surface area contributed by atoms with Crippen molar-refractivity contribution >= 4 is 48.4 Å². The van der Waals surface area contributed by atoms with E-state index in [0.717, 1.165) is 9.83 Å². The van der Waals surface area contributed by atoms with Crippen molar-refractivity contribution in [2.75, 3.05) is 31.1 Å². The number of nitrogens with zero attached hydrogens (tertiary/aromatic N) is 5. The number of ether oxygens (including phenoxy) is 1. The largest absolute Gasteiger partial charge is 0.435 e. The third kappa shape index (κ3) is 4.25. The second kappa shape index (κ2) is 7.94. The number of alkyl halides is 2. The first-order valence-electron chi connectivity index (χ1n) is 8.42. The van der Waals surface area contributed by atoms with E-state index in [4.69, 9.17) is 11.6 Å². The summed E-state index contributed by atoms with van der Waals surface area (Å²) in [5.74, 6) is -0.0946. The predicted molar refractivity (Wildman–Crippen MR) is 104 cm³/mol. The van der Waals surface area contributed by atoms with Crippen LogP contribution in [0.15, 0.2) is 35.4 Å². The maximum atomic E-state index is 12.8. The van der Waals surface area contributed by atoms with Crippen LogP contribution in [0.25, 0.3) is 10.3 Å². The third-order valence-corrected chi connectivity index (χ3v) is 7.44. The van der Waals surface area contributed by atoms with E-state index in [1.165, 1.54) is 39.9 Å². The molecule has 29 heavy (non-hydrogen) atoms. The molecule has 0 spiro atoms. The van der Waals surface area contributed by atoms with Crippen LogP contribution in [0.5, 0.6) is 5.75 Å². The van der Waals surface area contributed by atoms with E-state index in [-0.39, 0.29) is 29.0 Å². The summed E-state index contributed by atoms with van der Waals surface area (Å²) in [5.41, 5.74) is 0.506. The van der Waals surface area contributed by atoms with Gasteiger partial charge in [0.05, 0.1) is 15.8 Å². The Kier molecular flexibility index (Phi) is 5.51. The van der Waals surface area contributed by atoms with Crippen molar-refractivity contribution in [3.63, 3.8) is 0 Å². The number of benzene rings is 1. The Bertz CT molecular complexity index is 1120. The Morgan fingerprint density at radius 2 is 1.79 bits per heavy atom. The number of rotatable bonds is 5. The van der Waals surface area contributed by atoms with Gasteiger partial charge in [-0.25, -0.2) is 13.4 Å². The molecule has 3 aromatic rings. The highest BCUT2D eigenvalue weighted by atomic mass is 35.5. The van der Waals surface area contributed by atoms with Crippen molar-refractivity contribution < 1.29 is 21.9 Å². The van der Waals surface area contributed by atoms with Crippen molar-refractivity contribution in [3.05, 3.63) is 35.7 Å². The first kappa shape index (κ1) is 20.1. The number of halogens is 3. The number of thiazole rings is 1. The first-order valence-corrected chi connectivity index (χ1v) is 11.1. The summed E-state index contributed by atoms with van der Waals surface area (Å²) in [5, 5.41) is 0.845. The van der Waals surface area contributed by atoms with E-state index < -0.39 is 16.6 Å². The average molecular weight is 462 g/mol. The van der Waals surface area contributed by atoms with E-state index in [2.05, 4.69) is 19.7 Å². The fraction of sp³-hybridized carbons (Fsp3) is 0.312. The van der Waals surface area contributed by atoms with Crippen molar-refractivity contribution in [1.29, 1.82) is 0 Å². The highest BCUT2D eigenvalue weighted by Crippen LogP contribution is 2.29. The second-order valence-electron chi connectivity index (χ2n) is 6.06. The van der Waals surface area contributed by atoms with E-state index in [1.807, 2.05) is 4.90 Å². The third-order valence-electron chi connectivity index (χ3n) is 4.31. The topological polar surface area (TPSA) is 88.5 Å². The molecule has 3 heterocycles. The van der Waals surface area contributed by atoms with E-state index in [1.54, 1.807) is 6.20 Å². The molecule has 0 unspecified atom stereocenters. The van der Waals surface area contributed by atoms with Gasteiger partial charge < -0.3 is 9.64 Å². The molecule has 0 radical (unpaired) electrons. The van der Waals surface area contributed by atoms with Crippen LogP contribution in [0, 0.1) is 0 Å². The molecular weight excluding hydrogens is 448 g/mol. The second-order valence-corrected chi connectivity index (χ2v) is 9.35. The molecule has 0 N–H and O–H groups in total. The zero-order valence-electron chi connectivity index (χ0n) is 14.7. The standard InChI is InChI=1S/C16H14ClF2N5O3S2/c17-14-20-9-12-13(21-14)22-16(28-12)23-5-7-24(8-6-23)29(25,26)11-3-1-10(2-4-11)27-15(18)19/h1-4,9,15H,5-8H2.